The molecule has 0 bridgehead atoms. The van der Waals surface area contributed by atoms with Gasteiger partial charge in [-0.3, -0.25) is 9.59 Å². The smallest absolute Gasteiger partial charge is 0.258 e. The molecule has 5 nitrogen and oxygen atoms in total. The molecule has 2 atom stereocenters. The first-order chi connectivity index (χ1) is 16.3. The van der Waals surface area contributed by atoms with Gasteiger partial charge in [-0.25, -0.2) is 0 Å². The van der Waals surface area contributed by atoms with Gasteiger partial charge in [-0.05, 0) is 80.4 Å². The number of likely N-dealkylation sites (N-methyl/N-ethyl adjacent to an activating group) is 1. The summed E-state index contributed by atoms with van der Waals surface area (Å²) in [5.74, 6) is -0.352. The van der Waals surface area contributed by atoms with Crippen molar-refractivity contribution in [1.82, 2.24) is 0 Å². The Morgan fingerprint density at radius 1 is 0.941 bits per heavy atom. The van der Waals surface area contributed by atoms with Crippen molar-refractivity contribution in [3.05, 3.63) is 88.9 Å². The van der Waals surface area contributed by atoms with E-state index in [1.54, 1.807) is 17.0 Å². The van der Waals surface area contributed by atoms with Crippen molar-refractivity contribution < 1.29 is 9.59 Å². The number of rotatable bonds is 5. The van der Waals surface area contributed by atoms with Crippen molar-refractivity contribution in [1.29, 1.82) is 0 Å². The van der Waals surface area contributed by atoms with Crippen molar-refractivity contribution in [2.45, 2.75) is 32.2 Å². The summed E-state index contributed by atoms with van der Waals surface area (Å²) in [4.78, 5) is 33.0. The molecule has 34 heavy (non-hydrogen) atoms. The van der Waals surface area contributed by atoms with E-state index in [4.69, 9.17) is 11.6 Å². The third kappa shape index (κ3) is 4.53. The number of anilines is 3. The average molecular weight is 476 g/mol. The van der Waals surface area contributed by atoms with Gasteiger partial charge < -0.3 is 14.7 Å². The van der Waals surface area contributed by atoms with Gasteiger partial charge >= 0.3 is 0 Å². The molecule has 0 spiro atoms. The topological polar surface area (TPSA) is 43.9 Å². The summed E-state index contributed by atoms with van der Waals surface area (Å²) < 4.78 is 0. The van der Waals surface area contributed by atoms with E-state index in [0.29, 0.717) is 23.6 Å². The summed E-state index contributed by atoms with van der Waals surface area (Å²) >= 11 is 6.05. The highest BCUT2D eigenvalue weighted by Gasteiger charge is 2.38. The summed E-state index contributed by atoms with van der Waals surface area (Å²) in [5, 5.41) is 0.636. The van der Waals surface area contributed by atoms with Gasteiger partial charge in [0.1, 0.15) is 0 Å². The van der Waals surface area contributed by atoms with Gasteiger partial charge in [0.2, 0.25) is 5.91 Å². The first-order valence-corrected chi connectivity index (χ1v) is 12.0. The van der Waals surface area contributed by atoms with Crippen LogP contribution in [0.1, 0.15) is 42.1 Å². The van der Waals surface area contributed by atoms with E-state index in [-0.39, 0.29) is 23.8 Å². The van der Waals surface area contributed by atoms with Crippen LogP contribution in [-0.2, 0) is 4.79 Å². The summed E-state index contributed by atoms with van der Waals surface area (Å²) in [7, 11) is 3.95. The molecule has 6 heteroatoms. The lowest BCUT2D eigenvalue weighted by molar-refractivity contribution is -0.120. The van der Waals surface area contributed by atoms with E-state index in [9.17, 15) is 9.59 Å². The summed E-state index contributed by atoms with van der Waals surface area (Å²) in [6.45, 7) is 4.53. The van der Waals surface area contributed by atoms with Gasteiger partial charge in [-0.1, -0.05) is 29.8 Å². The Morgan fingerprint density at radius 3 is 2.18 bits per heavy atom. The van der Waals surface area contributed by atoms with Gasteiger partial charge in [-0.2, -0.15) is 0 Å². The van der Waals surface area contributed by atoms with Crippen molar-refractivity contribution in [3.8, 4) is 0 Å². The van der Waals surface area contributed by atoms with E-state index in [2.05, 4.69) is 0 Å². The highest BCUT2D eigenvalue weighted by molar-refractivity contribution is 6.30. The Kier molecular flexibility index (Phi) is 6.94. The molecular weight excluding hydrogens is 446 g/mol. The molecule has 4 rings (SSSR count). The fraction of sp³-hybridized carbons (Fsp3) is 0.286. The van der Waals surface area contributed by atoms with Crippen LogP contribution in [0.5, 0.6) is 0 Å². The van der Waals surface area contributed by atoms with Gasteiger partial charge in [0, 0.05) is 54.3 Å². The molecule has 1 aliphatic rings. The van der Waals surface area contributed by atoms with Crippen LogP contribution >= 0.6 is 11.6 Å². The minimum atomic E-state index is -0.331. The third-order valence-corrected chi connectivity index (χ3v) is 6.71. The Bertz CT molecular complexity index is 1180. The average Bonchev–Trinajstić information content (AvgIpc) is 2.84. The van der Waals surface area contributed by atoms with E-state index < -0.39 is 0 Å². The van der Waals surface area contributed by atoms with Crippen molar-refractivity contribution in [2.24, 2.45) is 0 Å². The highest BCUT2D eigenvalue weighted by Crippen LogP contribution is 2.40. The number of carbonyl (C=O) groups is 2. The number of nitrogens with zero attached hydrogens (tertiary/aromatic N) is 3. The molecule has 1 heterocycles. The monoisotopic (exact) mass is 475 g/mol. The first-order valence-electron chi connectivity index (χ1n) is 11.6. The van der Waals surface area contributed by atoms with Crippen LogP contribution in [0.3, 0.4) is 0 Å². The molecule has 3 aromatic carbocycles. The number of hydrogen-bond donors (Lipinski definition) is 0. The van der Waals surface area contributed by atoms with Crippen LogP contribution in [0, 0.1) is 0 Å². The van der Waals surface area contributed by atoms with Crippen LogP contribution in [0.25, 0.3) is 0 Å². The minimum Gasteiger partial charge on any atom is -0.378 e. The Hall–Kier alpha value is -3.31. The van der Waals surface area contributed by atoms with E-state index >= 15 is 0 Å². The fourth-order valence-electron chi connectivity index (χ4n) is 4.67. The van der Waals surface area contributed by atoms with Gasteiger partial charge in [0.15, 0.2) is 0 Å². The molecule has 0 N–H and O–H groups in total. The molecular formula is C28H30ClN3O2. The molecule has 0 saturated carbocycles. The Morgan fingerprint density at radius 2 is 1.56 bits per heavy atom. The van der Waals surface area contributed by atoms with E-state index in [0.717, 1.165) is 22.6 Å². The Labute approximate surface area is 206 Å². The molecule has 176 valence electrons. The Balaban J connectivity index is 1.67. The largest absolute Gasteiger partial charge is 0.378 e. The number of benzene rings is 3. The first kappa shape index (κ1) is 23.8. The lowest BCUT2D eigenvalue weighted by Crippen LogP contribution is -2.46. The molecule has 0 aromatic heterocycles. The second-order valence-electron chi connectivity index (χ2n) is 8.87. The highest BCUT2D eigenvalue weighted by atomic mass is 35.5. The molecule has 2 amide bonds. The number of carbonyl (C=O) groups excluding carboxylic acids is 2. The van der Waals surface area contributed by atoms with Crippen LogP contribution < -0.4 is 14.7 Å². The lowest BCUT2D eigenvalue weighted by atomic mass is 9.84. The zero-order valence-corrected chi connectivity index (χ0v) is 20.8. The maximum atomic E-state index is 13.8. The molecule has 3 aromatic rings. The molecule has 0 saturated heterocycles. The molecule has 0 radical (unpaired) electrons. The second-order valence-corrected chi connectivity index (χ2v) is 9.31. The number of halogens is 1. The minimum absolute atomic E-state index is 0.0338. The summed E-state index contributed by atoms with van der Waals surface area (Å²) in [6, 6.07) is 22.6. The van der Waals surface area contributed by atoms with Crippen LogP contribution in [-0.4, -0.2) is 38.5 Å². The maximum absolute atomic E-state index is 13.8. The van der Waals surface area contributed by atoms with Gasteiger partial charge in [0.25, 0.3) is 5.91 Å². The van der Waals surface area contributed by atoms with E-state index in [1.165, 1.54) is 0 Å². The number of hydrogen-bond acceptors (Lipinski definition) is 3. The summed E-state index contributed by atoms with van der Waals surface area (Å²) in [6.07, 6.45) is 0.557. The number of para-hydroxylation sites is 1. The molecule has 0 aliphatic carbocycles. The quantitative estimate of drug-likeness (QED) is 0.455. The molecule has 2 unspecified atom stereocenters. The summed E-state index contributed by atoms with van der Waals surface area (Å²) in [5.41, 5.74) is 4.18. The SMILES string of the molecule is CCN(C(=O)C1CC(C)N(C(=O)c2ccc(N(C)C)cc2)c2ccccc21)c1ccc(Cl)cc1. The maximum Gasteiger partial charge on any atom is 0.258 e. The molecule has 1 aliphatic heterocycles. The van der Waals surface area contributed by atoms with Crippen LogP contribution in [0.4, 0.5) is 17.1 Å². The third-order valence-electron chi connectivity index (χ3n) is 6.46. The standard InChI is InChI=1S/C28H30ClN3O2/c1-5-31(23-16-12-21(29)13-17-23)28(34)25-18-19(2)32(26-9-7-6-8-24(25)26)27(33)20-10-14-22(15-11-20)30(3)4/h6-17,19,25H,5,18H2,1-4H3. The van der Waals surface area contributed by atoms with Gasteiger partial charge in [-0.15, -0.1) is 0 Å². The predicted octanol–water partition coefficient (Wildman–Crippen LogP) is 5.98. The normalized spacial score (nSPS) is 17.1. The van der Waals surface area contributed by atoms with Gasteiger partial charge in [0.05, 0.1) is 5.92 Å². The second kappa shape index (κ2) is 9.90. The van der Waals surface area contributed by atoms with Crippen LogP contribution in [0.2, 0.25) is 5.02 Å². The van der Waals surface area contributed by atoms with Crippen molar-refractivity contribution in [2.75, 3.05) is 35.3 Å². The number of amides is 2. The zero-order valence-electron chi connectivity index (χ0n) is 20.0. The lowest BCUT2D eigenvalue weighted by Gasteiger charge is -2.40. The van der Waals surface area contributed by atoms with Crippen LogP contribution in [0.15, 0.2) is 72.8 Å². The van der Waals surface area contributed by atoms with E-state index in [1.807, 2.05) is 98.4 Å². The van der Waals surface area contributed by atoms with Crippen molar-refractivity contribution in [3.63, 3.8) is 0 Å². The van der Waals surface area contributed by atoms with Crippen molar-refractivity contribution >= 4 is 40.5 Å². The molecule has 0 fully saturated rings. The zero-order chi connectivity index (χ0) is 24.4. The fourth-order valence-corrected chi connectivity index (χ4v) is 4.80. The number of fused-ring (bicyclic) bond motifs is 1. The predicted molar refractivity (Wildman–Crippen MR) is 140 cm³/mol.